The zero-order valence-electron chi connectivity index (χ0n) is 15.5. The van der Waals surface area contributed by atoms with Gasteiger partial charge in [-0.25, -0.2) is 4.79 Å². The molecule has 1 atom stereocenters. The first-order chi connectivity index (χ1) is 12.8. The number of rotatable bonds is 2. The van der Waals surface area contributed by atoms with Gasteiger partial charge in [-0.3, -0.25) is 4.79 Å². The summed E-state index contributed by atoms with van der Waals surface area (Å²) in [7, 11) is 1.23. The Morgan fingerprint density at radius 3 is 2.63 bits per heavy atom. The molecule has 1 aliphatic rings. The van der Waals surface area contributed by atoms with E-state index in [-0.39, 0.29) is 28.4 Å². The van der Waals surface area contributed by atoms with Crippen molar-refractivity contribution in [3.63, 3.8) is 0 Å². The molecule has 0 spiro atoms. The van der Waals surface area contributed by atoms with Crippen LogP contribution in [-0.4, -0.2) is 18.1 Å². The van der Waals surface area contributed by atoms with Gasteiger partial charge in [0.15, 0.2) is 0 Å². The maximum absolute atomic E-state index is 12.9. The summed E-state index contributed by atoms with van der Waals surface area (Å²) >= 11 is 0. The largest absolute Gasteiger partial charge is 0.466 e. The summed E-state index contributed by atoms with van der Waals surface area (Å²) in [5.74, 6) is -1.58. The molecule has 0 fully saturated rings. The first-order valence-electron chi connectivity index (χ1n) is 8.29. The maximum atomic E-state index is 12.9. The van der Waals surface area contributed by atoms with Crippen molar-refractivity contribution in [2.45, 2.75) is 26.7 Å². The zero-order chi connectivity index (χ0) is 19.9. The molecule has 0 aliphatic carbocycles. The number of carbonyl (C=O) groups is 1. The molecule has 0 unspecified atom stereocenters. The molecule has 1 aliphatic heterocycles. The molecule has 1 aromatic carbocycles. The highest BCUT2D eigenvalue weighted by molar-refractivity contribution is 5.93. The lowest BCUT2D eigenvalue weighted by atomic mass is 9.83. The summed E-state index contributed by atoms with van der Waals surface area (Å²) in [4.78, 5) is 28.1. The average Bonchev–Trinajstić information content (AvgIpc) is 2.60. The van der Waals surface area contributed by atoms with Gasteiger partial charge in [0.1, 0.15) is 17.4 Å². The topological polar surface area (TPSA) is 118 Å². The Kier molecular flexibility index (Phi) is 4.50. The number of nitriles is 1. The lowest BCUT2D eigenvalue weighted by Gasteiger charge is -2.26. The number of methoxy groups -OCH3 is 1. The van der Waals surface area contributed by atoms with Crippen molar-refractivity contribution >= 4 is 16.9 Å². The molecule has 0 saturated carbocycles. The van der Waals surface area contributed by atoms with Crippen LogP contribution in [0.5, 0.6) is 0 Å². The molecular weight excluding hydrogens is 346 g/mol. The van der Waals surface area contributed by atoms with Crippen molar-refractivity contribution < 1.29 is 14.3 Å². The third-order valence-electron chi connectivity index (χ3n) is 4.64. The molecule has 3 N–H and O–H groups in total. The molecule has 0 amide bonds. The van der Waals surface area contributed by atoms with E-state index in [0.29, 0.717) is 5.52 Å². The van der Waals surface area contributed by atoms with Crippen LogP contribution in [-0.2, 0) is 14.3 Å². The number of hydrogen-bond donors (Lipinski definition) is 2. The second-order valence-electron chi connectivity index (χ2n) is 6.49. The number of nitrogens with zero attached hydrogens (tertiary/aromatic N) is 1. The van der Waals surface area contributed by atoms with Crippen LogP contribution < -0.4 is 11.3 Å². The summed E-state index contributed by atoms with van der Waals surface area (Å²) in [5, 5.41) is 10.4. The molecule has 138 valence electrons. The van der Waals surface area contributed by atoms with Crippen LogP contribution >= 0.6 is 0 Å². The predicted molar refractivity (Wildman–Crippen MR) is 99.4 cm³/mol. The van der Waals surface area contributed by atoms with E-state index in [9.17, 15) is 14.9 Å². The van der Waals surface area contributed by atoms with Crippen LogP contribution in [0.15, 0.2) is 45.8 Å². The van der Waals surface area contributed by atoms with Crippen molar-refractivity contribution in [3.05, 3.63) is 68.0 Å². The first kappa shape index (κ1) is 18.3. The van der Waals surface area contributed by atoms with Crippen molar-refractivity contribution in [2.24, 2.45) is 5.73 Å². The predicted octanol–water partition coefficient (Wildman–Crippen LogP) is 2.40. The van der Waals surface area contributed by atoms with E-state index in [0.717, 1.165) is 16.5 Å². The standard InChI is InChI=1S/C20H19N3O4/c1-9-5-10(2)17-12(6-9)7-13(19(24)23-17)16-14(8-21)18(22)27-11(3)15(16)20(25)26-4/h5-7,16H,22H2,1-4H3,(H,23,24)/t16-/m0/s1. The van der Waals surface area contributed by atoms with Crippen molar-refractivity contribution in [3.8, 4) is 6.07 Å². The molecule has 1 aromatic heterocycles. The van der Waals surface area contributed by atoms with Gasteiger partial charge in [0.25, 0.3) is 5.56 Å². The summed E-state index contributed by atoms with van der Waals surface area (Å²) in [6.45, 7) is 5.40. The second kappa shape index (κ2) is 6.65. The van der Waals surface area contributed by atoms with Gasteiger partial charge in [-0.1, -0.05) is 11.6 Å². The van der Waals surface area contributed by atoms with E-state index < -0.39 is 17.4 Å². The minimum absolute atomic E-state index is 0.00442. The number of hydrogen-bond acceptors (Lipinski definition) is 6. The SMILES string of the molecule is COC(=O)C1=C(C)OC(N)=C(C#N)[C@@H]1c1cc2cc(C)cc(C)c2[nH]c1=O. The van der Waals surface area contributed by atoms with E-state index >= 15 is 0 Å². The third-order valence-corrected chi connectivity index (χ3v) is 4.64. The van der Waals surface area contributed by atoms with Gasteiger partial charge in [-0.15, -0.1) is 0 Å². The van der Waals surface area contributed by atoms with Gasteiger partial charge in [0.2, 0.25) is 5.88 Å². The van der Waals surface area contributed by atoms with E-state index in [1.54, 1.807) is 13.0 Å². The summed E-state index contributed by atoms with van der Waals surface area (Å²) in [6, 6.07) is 7.54. The van der Waals surface area contributed by atoms with Gasteiger partial charge in [0.05, 0.1) is 24.1 Å². The Morgan fingerprint density at radius 2 is 2.00 bits per heavy atom. The van der Waals surface area contributed by atoms with Gasteiger partial charge in [-0.2, -0.15) is 5.26 Å². The quantitative estimate of drug-likeness (QED) is 0.789. The molecule has 0 radical (unpaired) electrons. The highest BCUT2D eigenvalue weighted by Gasteiger charge is 2.37. The summed E-state index contributed by atoms with van der Waals surface area (Å²) < 4.78 is 10.2. The van der Waals surface area contributed by atoms with Crippen molar-refractivity contribution in [1.82, 2.24) is 4.98 Å². The second-order valence-corrected chi connectivity index (χ2v) is 6.49. The van der Waals surface area contributed by atoms with Crippen molar-refractivity contribution in [2.75, 3.05) is 7.11 Å². The molecule has 7 nitrogen and oxygen atoms in total. The monoisotopic (exact) mass is 365 g/mol. The fraction of sp³-hybridized carbons (Fsp3) is 0.250. The average molecular weight is 365 g/mol. The number of ether oxygens (including phenoxy) is 2. The number of nitrogens with two attached hydrogens (primary N) is 1. The fourth-order valence-electron chi connectivity index (χ4n) is 3.49. The summed E-state index contributed by atoms with van der Waals surface area (Å²) in [5.41, 5.74) is 8.42. The van der Waals surface area contributed by atoms with Crippen LogP contribution in [0.1, 0.15) is 29.5 Å². The lowest BCUT2D eigenvalue weighted by Crippen LogP contribution is -2.29. The van der Waals surface area contributed by atoms with Gasteiger partial charge in [0, 0.05) is 5.56 Å². The smallest absolute Gasteiger partial charge is 0.338 e. The Labute approximate surface area is 155 Å². The van der Waals surface area contributed by atoms with E-state index in [1.807, 2.05) is 32.0 Å². The molecule has 7 heteroatoms. The maximum Gasteiger partial charge on any atom is 0.338 e. The Hall–Kier alpha value is -3.53. The van der Waals surface area contributed by atoms with Gasteiger partial charge >= 0.3 is 5.97 Å². The highest BCUT2D eigenvalue weighted by atomic mass is 16.5. The molecule has 2 aromatic rings. The van der Waals surface area contributed by atoms with Crippen LogP contribution in [0.3, 0.4) is 0 Å². The summed E-state index contributed by atoms with van der Waals surface area (Å²) in [6.07, 6.45) is 0. The molecule has 27 heavy (non-hydrogen) atoms. The van der Waals surface area contributed by atoms with Crippen LogP contribution in [0.25, 0.3) is 10.9 Å². The normalized spacial score (nSPS) is 16.9. The molecule has 3 rings (SSSR count). The number of fused-ring (bicyclic) bond motifs is 1. The zero-order valence-corrected chi connectivity index (χ0v) is 15.5. The Bertz CT molecular complexity index is 1130. The van der Waals surface area contributed by atoms with Crippen LogP contribution in [0, 0.1) is 25.2 Å². The first-order valence-corrected chi connectivity index (χ1v) is 8.29. The minimum atomic E-state index is -0.967. The molecule has 0 saturated heterocycles. The molecule has 2 heterocycles. The van der Waals surface area contributed by atoms with Crippen molar-refractivity contribution in [1.29, 1.82) is 5.26 Å². The van der Waals surface area contributed by atoms with E-state index in [2.05, 4.69) is 4.98 Å². The Balaban J connectivity index is 2.35. The Morgan fingerprint density at radius 1 is 1.30 bits per heavy atom. The van der Waals surface area contributed by atoms with Crippen LogP contribution in [0.4, 0.5) is 0 Å². The number of carbonyl (C=O) groups excluding carboxylic acids is 1. The molecule has 0 bridgehead atoms. The number of pyridine rings is 1. The number of nitrogens with one attached hydrogen (secondary N) is 1. The number of benzene rings is 1. The number of allylic oxidation sites excluding steroid dienone is 2. The number of aromatic amines is 1. The molecular formula is C20H19N3O4. The van der Waals surface area contributed by atoms with Crippen LogP contribution in [0.2, 0.25) is 0 Å². The number of aryl methyl sites for hydroxylation is 2. The number of esters is 1. The number of H-pyrrole nitrogens is 1. The van der Waals surface area contributed by atoms with E-state index in [1.165, 1.54) is 7.11 Å². The van der Waals surface area contributed by atoms with Gasteiger partial charge in [-0.05, 0) is 43.9 Å². The van der Waals surface area contributed by atoms with Gasteiger partial charge < -0.3 is 20.2 Å². The fourth-order valence-corrected chi connectivity index (χ4v) is 3.49. The minimum Gasteiger partial charge on any atom is -0.466 e. The number of aromatic nitrogens is 1. The highest BCUT2D eigenvalue weighted by Crippen LogP contribution is 2.38. The third kappa shape index (κ3) is 2.95. The van der Waals surface area contributed by atoms with E-state index in [4.69, 9.17) is 15.2 Å². The lowest BCUT2D eigenvalue weighted by molar-refractivity contribution is -0.136.